The number of alkyl carbamates (subject to hydrolysis) is 1. The molecule has 8 heteroatoms. The molecule has 1 aromatic rings. The summed E-state index contributed by atoms with van der Waals surface area (Å²) in [5.41, 5.74) is 0.0522. The number of benzene rings is 1. The summed E-state index contributed by atoms with van der Waals surface area (Å²) in [4.78, 5) is 36.2. The number of carboxylic acids is 1. The van der Waals surface area contributed by atoms with Crippen molar-refractivity contribution < 1.29 is 28.6 Å². The fourth-order valence-corrected chi connectivity index (χ4v) is 2.48. The number of rotatable bonds is 10. The van der Waals surface area contributed by atoms with Crippen molar-refractivity contribution in [1.29, 1.82) is 0 Å². The zero-order valence-corrected chi connectivity index (χ0v) is 16.5. The molecule has 0 radical (unpaired) electrons. The summed E-state index contributed by atoms with van der Waals surface area (Å²) >= 11 is 0. The lowest BCUT2D eigenvalue weighted by molar-refractivity contribution is -0.142. The van der Waals surface area contributed by atoms with E-state index in [1.807, 2.05) is 6.07 Å². The van der Waals surface area contributed by atoms with Crippen molar-refractivity contribution in [3.8, 4) is 0 Å². The van der Waals surface area contributed by atoms with Gasteiger partial charge in [-0.25, -0.2) is 9.59 Å². The number of hydrogen-bond donors (Lipinski definition) is 3. The molecule has 0 aromatic heterocycles. The topological polar surface area (TPSA) is 105 Å². The predicted octanol–water partition coefficient (Wildman–Crippen LogP) is 2.83. The van der Waals surface area contributed by atoms with Crippen LogP contribution in [0.4, 0.5) is 9.18 Å². The Labute approximate surface area is 164 Å². The van der Waals surface area contributed by atoms with Gasteiger partial charge in [0.15, 0.2) is 0 Å². The normalized spacial score (nSPS) is 13.3. The molecule has 1 aromatic carbocycles. The van der Waals surface area contributed by atoms with Crippen LogP contribution < -0.4 is 10.6 Å². The Hall–Kier alpha value is -2.64. The molecule has 0 saturated heterocycles. The number of carboxylic acid groups (broad SMARTS) is 1. The molecule has 0 bridgehead atoms. The Bertz CT molecular complexity index is 646. The quantitative estimate of drug-likeness (QED) is 0.528. The van der Waals surface area contributed by atoms with E-state index in [9.17, 15) is 23.9 Å². The zero-order chi connectivity index (χ0) is 21.2. The number of halogens is 1. The van der Waals surface area contributed by atoms with Gasteiger partial charge in [0.2, 0.25) is 5.91 Å². The van der Waals surface area contributed by atoms with E-state index in [1.165, 1.54) is 0 Å². The highest BCUT2D eigenvalue weighted by Gasteiger charge is 2.28. The molecule has 0 aliphatic heterocycles. The molecule has 7 nitrogen and oxygen atoms in total. The Morgan fingerprint density at radius 3 is 2.25 bits per heavy atom. The maximum atomic E-state index is 12.7. The van der Waals surface area contributed by atoms with Gasteiger partial charge in [0, 0.05) is 6.42 Å². The minimum Gasteiger partial charge on any atom is -0.480 e. The van der Waals surface area contributed by atoms with E-state index < -0.39 is 42.3 Å². The molecule has 156 valence electrons. The molecule has 0 unspecified atom stereocenters. The van der Waals surface area contributed by atoms with Crippen LogP contribution in [0.2, 0.25) is 0 Å². The van der Waals surface area contributed by atoms with Crippen LogP contribution in [0, 0.1) is 0 Å². The van der Waals surface area contributed by atoms with Gasteiger partial charge in [-0.1, -0.05) is 30.3 Å². The highest BCUT2D eigenvalue weighted by molar-refractivity contribution is 5.89. The smallest absolute Gasteiger partial charge is 0.408 e. The summed E-state index contributed by atoms with van der Waals surface area (Å²) in [6.07, 6.45) is 0.0609. The fourth-order valence-electron chi connectivity index (χ4n) is 2.48. The molecular weight excluding hydrogens is 367 g/mol. The highest BCUT2D eigenvalue weighted by atomic mass is 19.1. The number of carbonyl (C=O) groups excluding carboxylic acids is 2. The van der Waals surface area contributed by atoms with E-state index in [-0.39, 0.29) is 19.3 Å². The number of carbonyl (C=O) groups is 3. The van der Waals surface area contributed by atoms with Crippen molar-refractivity contribution in [3.05, 3.63) is 35.9 Å². The number of hydrogen-bond acceptors (Lipinski definition) is 4. The van der Waals surface area contributed by atoms with Gasteiger partial charge in [-0.05, 0) is 45.6 Å². The number of unbranched alkanes of at least 4 members (excludes halogenated alkanes) is 1. The predicted molar refractivity (Wildman–Crippen MR) is 103 cm³/mol. The maximum Gasteiger partial charge on any atom is 0.408 e. The minimum atomic E-state index is -1.21. The van der Waals surface area contributed by atoms with Crippen LogP contribution in [0.3, 0.4) is 0 Å². The van der Waals surface area contributed by atoms with E-state index in [4.69, 9.17) is 4.74 Å². The van der Waals surface area contributed by atoms with Gasteiger partial charge >= 0.3 is 12.1 Å². The molecular formula is C20H29FN2O5. The van der Waals surface area contributed by atoms with Crippen LogP contribution >= 0.6 is 0 Å². The summed E-state index contributed by atoms with van der Waals surface area (Å²) in [5, 5.41) is 14.2. The second kappa shape index (κ2) is 11.3. The molecule has 2 amide bonds. The van der Waals surface area contributed by atoms with E-state index >= 15 is 0 Å². The lowest BCUT2D eigenvalue weighted by Crippen LogP contribution is -2.53. The lowest BCUT2D eigenvalue weighted by Gasteiger charge is -2.24. The third kappa shape index (κ3) is 9.34. The van der Waals surface area contributed by atoms with Crippen LogP contribution in [0.1, 0.15) is 45.6 Å². The SMILES string of the molecule is CC(C)(C)OC(=O)N[C@H](Cc1ccccc1)C(=O)N[C@H](CCCCF)C(=O)O. The van der Waals surface area contributed by atoms with Crippen LogP contribution in [0.15, 0.2) is 30.3 Å². The zero-order valence-electron chi connectivity index (χ0n) is 16.5. The molecule has 0 aliphatic carbocycles. The number of nitrogens with one attached hydrogen (secondary N) is 2. The van der Waals surface area contributed by atoms with Crippen molar-refractivity contribution in [1.82, 2.24) is 10.6 Å². The summed E-state index contributed by atoms with van der Waals surface area (Å²) in [6, 6.07) is 6.85. The van der Waals surface area contributed by atoms with E-state index in [1.54, 1.807) is 45.0 Å². The van der Waals surface area contributed by atoms with Crippen molar-refractivity contribution in [2.75, 3.05) is 6.67 Å². The maximum absolute atomic E-state index is 12.7. The Morgan fingerprint density at radius 1 is 1.07 bits per heavy atom. The van der Waals surface area contributed by atoms with Crippen LogP contribution in [-0.2, 0) is 20.7 Å². The Balaban J connectivity index is 2.87. The fraction of sp³-hybridized carbons (Fsp3) is 0.550. The summed E-state index contributed by atoms with van der Waals surface area (Å²) in [5.74, 6) is -1.84. The van der Waals surface area contributed by atoms with Crippen molar-refractivity contribution >= 4 is 18.0 Å². The second-order valence-electron chi connectivity index (χ2n) is 7.47. The number of ether oxygens (including phenoxy) is 1. The summed E-state index contributed by atoms with van der Waals surface area (Å²) in [7, 11) is 0. The molecule has 1 rings (SSSR count). The number of aliphatic carboxylic acids is 1. The minimum absolute atomic E-state index is 0.107. The second-order valence-corrected chi connectivity index (χ2v) is 7.47. The van der Waals surface area contributed by atoms with Gasteiger partial charge in [-0.2, -0.15) is 0 Å². The molecule has 0 heterocycles. The Kier molecular flexibility index (Phi) is 9.41. The van der Waals surface area contributed by atoms with E-state index in [0.29, 0.717) is 6.42 Å². The molecule has 28 heavy (non-hydrogen) atoms. The van der Waals surface area contributed by atoms with Gasteiger partial charge < -0.3 is 20.5 Å². The first kappa shape index (κ1) is 23.4. The number of amides is 2. The van der Waals surface area contributed by atoms with Gasteiger partial charge in [-0.3, -0.25) is 9.18 Å². The van der Waals surface area contributed by atoms with Crippen LogP contribution in [0.25, 0.3) is 0 Å². The lowest BCUT2D eigenvalue weighted by atomic mass is 10.0. The first-order valence-electron chi connectivity index (χ1n) is 9.25. The molecule has 0 aliphatic rings. The summed E-state index contributed by atoms with van der Waals surface area (Å²) in [6.45, 7) is 4.55. The number of alkyl halides is 1. The molecule has 2 atom stereocenters. The Morgan fingerprint density at radius 2 is 1.71 bits per heavy atom. The van der Waals surface area contributed by atoms with Gasteiger partial charge in [0.25, 0.3) is 0 Å². The van der Waals surface area contributed by atoms with Crippen molar-refractivity contribution in [3.63, 3.8) is 0 Å². The molecule has 0 spiro atoms. The molecule has 3 N–H and O–H groups in total. The molecule has 0 saturated carbocycles. The summed E-state index contributed by atoms with van der Waals surface area (Å²) < 4.78 is 17.5. The van der Waals surface area contributed by atoms with Crippen LogP contribution in [0.5, 0.6) is 0 Å². The average molecular weight is 396 g/mol. The van der Waals surface area contributed by atoms with Gasteiger partial charge in [0.05, 0.1) is 6.67 Å². The molecule has 0 fully saturated rings. The standard InChI is InChI=1S/C20H29FN2O5/c1-20(2,3)28-19(27)23-16(13-14-9-5-4-6-10-14)17(24)22-15(18(25)26)11-7-8-12-21/h4-6,9-10,15-16H,7-8,11-13H2,1-3H3,(H,22,24)(H,23,27)(H,25,26)/t15-,16-/m1/s1. The largest absolute Gasteiger partial charge is 0.480 e. The first-order valence-corrected chi connectivity index (χ1v) is 9.25. The monoisotopic (exact) mass is 396 g/mol. The van der Waals surface area contributed by atoms with Crippen molar-refractivity contribution in [2.45, 2.75) is 64.1 Å². The third-order valence-corrected chi connectivity index (χ3v) is 3.78. The third-order valence-electron chi connectivity index (χ3n) is 3.78. The van der Waals surface area contributed by atoms with Crippen molar-refractivity contribution in [2.24, 2.45) is 0 Å². The average Bonchev–Trinajstić information content (AvgIpc) is 2.59. The first-order chi connectivity index (χ1) is 13.1. The van der Waals surface area contributed by atoms with Crippen LogP contribution in [-0.4, -0.2) is 47.4 Å². The van der Waals surface area contributed by atoms with E-state index in [2.05, 4.69) is 10.6 Å². The van der Waals surface area contributed by atoms with Gasteiger partial charge in [-0.15, -0.1) is 0 Å². The van der Waals surface area contributed by atoms with E-state index in [0.717, 1.165) is 5.56 Å². The highest BCUT2D eigenvalue weighted by Crippen LogP contribution is 2.10. The van der Waals surface area contributed by atoms with Gasteiger partial charge in [0.1, 0.15) is 17.7 Å².